The molecular formula is C15H15N3S. The molecule has 2 aromatic rings. The Labute approximate surface area is 116 Å². The van der Waals surface area contributed by atoms with Crippen LogP contribution in [0.3, 0.4) is 0 Å². The first kappa shape index (κ1) is 12.2. The molecule has 3 rings (SSSR count). The summed E-state index contributed by atoms with van der Waals surface area (Å²) in [7, 11) is 0. The molecule has 0 fully saturated rings. The van der Waals surface area contributed by atoms with Crippen molar-refractivity contribution in [3.8, 4) is 6.07 Å². The van der Waals surface area contributed by atoms with Gasteiger partial charge in [0.1, 0.15) is 11.9 Å². The minimum atomic E-state index is 0.662. The van der Waals surface area contributed by atoms with Crippen molar-refractivity contribution in [1.82, 2.24) is 4.98 Å². The van der Waals surface area contributed by atoms with Gasteiger partial charge < -0.3 is 5.32 Å². The van der Waals surface area contributed by atoms with E-state index in [1.165, 1.54) is 16.0 Å². The number of thiophene rings is 1. The molecular weight excluding hydrogens is 254 g/mol. The molecule has 2 heterocycles. The van der Waals surface area contributed by atoms with E-state index in [0.717, 1.165) is 37.3 Å². The number of aromatic nitrogens is 1. The first-order valence-corrected chi connectivity index (χ1v) is 7.35. The second-order valence-corrected chi connectivity index (χ2v) is 5.84. The smallest absolute Gasteiger partial charge is 0.144 e. The van der Waals surface area contributed by atoms with Crippen LogP contribution < -0.4 is 5.32 Å². The SMILES string of the molecule is Cc1ccsc1CNc1nc2c(cc1C#N)CCC2. The maximum absolute atomic E-state index is 9.23. The average Bonchev–Trinajstić information content (AvgIpc) is 3.03. The van der Waals surface area contributed by atoms with Gasteiger partial charge in [0.05, 0.1) is 12.1 Å². The Balaban J connectivity index is 1.85. The van der Waals surface area contributed by atoms with Crippen LogP contribution in [-0.4, -0.2) is 4.98 Å². The molecule has 96 valence electrons. The number of pyridine rings is 1. The van der Waals surface area contributed by atoms with Crippen LogP contribution in [0, 0.1) is 18.3 Å². The fourth-order valence-corrected chi connectivity index (χ4v) is 3.29. The quantitative estimate of drug-likeness (QED) is 0.928. The summed E-state index contributed by atoms with van der Waals surface area (Å²) in [6.07, 6.45) is 3.25. The van der Waals surface area contributed by atoms with E-state index in [4.69, 9.17) is 0 Å². The number of hydrogen-bond donors (Lipinski definition) is 1. The van der Waals surface area contributed by atoms with Crippen molar-refractivity contribution in [2.24, 2.45) is 0 Å². The predicted octanol–water partition coefficient (Wildman–Crippen LogP) is 3.42. The van der Waals surface area contributed by atoms with E-state index in [1.807, 2.05) is 6.07 Å². The number of hydrogen-bond acceptors (Lipinski definition) is 4. The number of nitriles is 1. The van der Waals surface area contributed by atoms with Gasteiger partial charge in [0, 0.05) is 10.6 Å². The van der Waals surface area contributed by atoms with Crippen LogP contribution >= 0.6 is 11.3 Å². The van der Waals surface area contributed by atoms with E-state index >= 15 is 0 Å². The molecule has 0 atom stereocenters. The zero-order valence-electron chi connectivity index (χ0n) is 10.9. The monoisotopic (exact) mass is 269 g/mol. The van der Waals surface area contributed by atoms with Crippen molar-refractivity contribution in [2.45, 2.75) is 32.7 Å². The van der Waals surface area contributed by atoms with Crippen molar-refractivity contribution in [1.29, 1.82) is 5.26 Å². The lowest BCUT2D eigenvalue weighted by Crippen LogP contribution is -2.05. The van der Waals surface area contributed by atoms with E-state index in [1.54, 1.807) is 11.3 Å². The molecule has 1 N–H and O–H groups in total. The molecule has 0 amide bonds. The molecule has 3 nitrogen and oxygen atoms in total. The summed E-state index contributed by atoms with van der Waals surface area (Å²) in [6.45, 7) is 2.85. The maximum Gasteiger partial charge on any atom is 0.144 e. The number of nitrogens with zero attached hydrogens (tertiary/aromatic N) is 2. The molecule has 0 saturated heterocycles. The molecule has 0 aliphatic heterocycles. The molecule has 1 aliphatic rings. The third kappa shape index (κ3) is 2.34. The van der Waals surface area contributed by atoms with Gasteiger partial charge in [-0.15, -0.1) is 11.3 Å². The van der Waals surface area contributed by atoms with Gasteiger partial charge in [0.25, 0.3) is 0 Å². The van der Waals surface area contributed by atoms with E-state index in [9.17, 15) is 5.26 Å². The van der Waals surface area contributed by atoms with Gasteiger partial charge in [-0.05, 0) is 54.8 Å². The van der Waals surface area contributed by atoms with E-state index in [0.29, 0.717) is 5.56 Å². The molecule has 1 aliphatic carbocycles. The van der Waals surface area contributed by atoms with Crippen LogP contribution in [0.5, 0.6) is 0 Å². The number of anilines is 1. The highest BCUT2D eigenvalue weighted by Gasteiger charge is 2.16. The van der Waals surface area contributed by atoms with Crippen LogP contribution in [0.15, 0.2) is 17.5 Å². The topological polar surface area (TPSA) is 48.7 Å². The molecule has 19 heavy (non-hydrogen) atoms. The summed E-state index contributed by atoms with van der Waals surface area (Å²) in [6, 6.07) is 6.36. The lowest BCUT2D eigenvalue weighted by Gasteiger charge is -2.09. The van der Waals surface area contributed by atoms with E-state index < -0.39 is 0 Å². The Bertz CT molecular complexity index is 652. The first-order valence-electron chi connectivity index (χ1n) is 6.47. The van der Waals surface area contributed by atoms with Gasteiger partial charge in [-0.25, -0.2) is 4.98 Å². The molecule has 0 aromatic carbocycles. The fraction of sp³-hybridized carbons (Fsp3) is 0.333. The average molecular weight is 269 g/mol. The number of rotatable bonds is 3. The summed E-state index contributed by atoms with van der Waals surface area (Å²) in [5, 5.41) is 14.6. The highest BCUT2D eigenvalue weighted by molar-refractivity contribution is 7.10. The van der Waals surface area contributed by atoms with Gasteiger partial charge in [0.15, 0.2) is 0 Å². The predicted molar refractivity (Wildman–Crippen MR) is 77.4 cm³/mol. The van der Waals surface area contributed by atoms with Crippen molar-refractivity contribution < 1.29 is 0 Å². The van der Waals surface area contributed by atoms with Crippen molar-refractivity contribution in [2.75, 3.05) is 5.32 Å². The van der Waals surface area contributed by atoms with E-state index in [2.05, 4.69) is 34.7 Å². The van der Waals surface area contributed by atoms with Crippen LogP contribution in [0.4, 0.5) is 5.82 Å². The van der Waals surface area contributed by atoms with Crippen molar-refractivity contribution in [3.63, 3.8) is 0 Å². The maximum atomic E-state index is 9.23. The Morgan fingerprint density at radius 2 is 2.37 bits per heavy atom. The third-order valence-electron chi connectivity index (χ3n) is 3.56. The summed E-state index contributed by atoms with van der Waals surface area (Å²) < 4.78 is 0. The zero-order chi connectivity index (χ0) is 13.2. The Morgan fingerprint density at radius 1 is 1.47 bits per heavy atom. The standard InChI is InChI=1S/C15H15N3S/c1-10-5-6-19-14(10)9-17-15-12(8-16)7-11-3-2-4-13(11)18-15/h5-7H,2-4,9H2,1H3,(H,17,18). The van der Waals surface area contributed by atoms with Crippen LogP contribution in [0.25, 0.3) is 0 Å². The minimum absolute atomic E-state index is 0.662. The van der Waals surface area contributed by atoms with Crippen molar-refractivity contribution >= 4 is 17.2 Å². The largest absolute Gasteiger partial charge is 0.364 e. The van der Waals surface area contributed by atoms with Crippen molar-refractivity contribution in [3.05, 3.63) is 44.8 Å². The second kappa shape index (κ2) is 5.02. The second-order valence-electron chi connectivity index (χ2n) is 4.84. The van der Waals surface area contributed by atoms with Crippen LogP contribution in [0.2, 0.25) is 0 Å². The normalized spacial score (nSPS) is 13.1. The van der Waals surface area contributed by atoms with Gasteiger partial charge in [-0.3, -0.25) is 0 Å². The molecule has 0 spiro atoms. The Morgan fingerprint density at radius 3 is 3.11 bits per heavy atom. The molecule has 2 aromatic heterocycles. The highest BCUT2D eigenvalue weighted by atomic mass is 32.1. The van der Waals surface area contributed by atoms with E-state index in [-0.39, 0.29) is 0 Å². The lowest BCUT2D eigenvalue weighted by molar-refractivity contribution is 0.899. The molecule has 0 saturated carbocycles. The van der Waals surface area contributed by atoms with Gasteiger partial charge in [0.2, 0.25) is 0 Å². The molecule has 4 heteroatoms. The molecule has 0 radical (unpaired) electrons. The summed E-state index contributed by atoms with van der Waals surface area (Å²) in [5.74, 6) is 0.732. The lowest BCUT2D eigenvalue weighted by atomic mass is 10.1. The number of aryl methyl sites for hydroxylation is 3. The fourth-order valence-electron chi connectivity index (χ4n) is 2.44. The van der Waals surface area contributed by atoms with Gasteiger partial charge in [-0.2, -0.15) is 5.26 Å². The third-order valence-corrected chi connectivity index (χ3v) is 4.58. The number of nitrogens with one attached hydrogen (secondary N) is 1. The Hall–Kier alpha value is -1.86. The van der Waals surface area contributed by atoms with Crippen LogP contribution in [0.1, 0.15) is 33.7 Å². The van der Waals surface area contributed by atoms with Crippen LogP contribution in [-0.2, 0) is 19.4 Å². The minimum Gasteiger partial charge on any atom is -0.364 e. The zero-order valence-corrected chi connectivity index (χ0v) is 11.7. The summed E-state index contributed by atoms with van der Waals surface area (Å²) in [5.41, 5.74) is 4.35. The Kier molecular flexibility index (Phi) is 3.22. The first-order chi connectivity index (χ1) is 9.28. The molecule has 0 unspecified atom stereocenters. The highest BCUT2D eigenvalue weighted by Crippen LogP contribution is 2.25. The summed E-state index contributed by atoms with van der Waals surface area (Å²) in [4.78, 5) is 5.92. The summed E-state index contributed by atoms with van der Waals surface area (Å²) >= 11 is 1.73. The number of fused-ring (bicyclic) bond motifs is 1. The van der Waals surface area contributed by atoms with Gasteiger partial charge >= 0.3 is 0 Å². The molecule has 0 bridgehead atoms. The van der Waals surface area contributed by atoms with Gasteiger partial charge in [-0.1, -0.05) is 0 Å².